The van der Waals surface area contributed by atoms with Gasteiger partial charge in [-0.3, -0.25) is 0 Å². The molecule has 2 aromatic rings. The van der Waals surface area contributed by atoms with E-state index in [1.54, 1.807) is 0 Å². The number of nitrogens with zero attached hydrogens (tertiary/aromatic N) is 4. The summed E-state index contributed by atoms with van der Waals surface area (Å²) in [4.78, 5) is 23.5. The summed E-state index contributed by atoms with van der Waals surface area (Å²) in [6, 6.07) is 15.9. The Morgan fingerprint density at radius 3 is 0.891 bits per heavy atom. The SMILES string of the molecule is CCOC1(Cl)C=CC(C2=NC(c3ccccc3Br)(C3(c4ccccc4Br)N=C(C4=CCC(Cl)(OCC)C=C4)C(C4=CCC(Cl)(OCC)C=C4)=N3)N=C2C2=CCC(Cl)(OCC)C=C2)=CC1. The molecule has 0 aromatic heterocycles. The molecule has 334 valence electrons. The lowest BCUT2D eigenvalue weighted by Gasteiger charge is -2.39. The fourth-order valence-electron chi connectivity index (χ4n) is 8.62. The van der Waals surface area contributed by atoms with Crippen molar-refractivity contribution in [3.05, 3.63) is 164 Å². The van der Waals surface area contributed by atoms with Crippen molar-refractivity contribution in [3.63, 3.8) is 0 Å². The van der Waals surface area contributed by atoms with Crippen molar-refractivity contribution in [2.24, 2.45) is 20.0 Å². The number of rotatable bonds is 15. The Bertz CT molecular complexity index is 2290. The van der Waals surface area contributed by atoms with Crippen LogP contribution in [0.25, 0.3) is 0 Å². The van der Waals surface area contributed by atoms with Gasteiger partial charge in [0, 0.05) is 72.2 Å². The van der Waals surface area contributed by atoms with E-state index in [0.29, 0.717) is 75.0 Å². The highest BCUT2D eigenvalue weighted by Crippen LogP contribution is 2.58. The van der Waals surface area contributed by atoms with Gasteiger partial charge < -0.3 is 18.9 Å². The maximum atomic E-state index is 6.96. The Morgan fingerprint density at radius 2 is 0.688 bits per heavy atom. The van der Waals surface area contributed by atoms with Crippen LogP contribution in [0.5, 0.6) is 0 Å². The molecule has 0 saturated heterocycles. The summed E-state index contributed by atoms with van der Waals surface area (Å²) >= 11 is 35.8. The second-order valence-electron chi connectivity index (χ2n) is 15.8. The van der Waals surface area contributed by atoms with Crippen molar-refractivity contribution in [1.82, 2.24) is 0 Å². The molecule has 4 unspecified atom stereocenters. The Morgan fingerprint density at radius 1 is 0.438 bits per heavy atom. The molecule has 0 N–H and O–H groups in total. The molecule has 2 heterocycles. The summed E-state index contributed by atoms with van der Waals surface area (Å²) in [5.41, 5.74) is 4.11. The molecule has 8 rings (SSSR count). The smallest absolute Gasteiger partial charge is 0.227 e. The van der Waals surface area contributed by atoms with Crippen LogP contribution < -0.4 is 0 Å². The number of hydrogen-bond donors (Lipinski definition) is 0. The van der Waals surface area contributed by atoms with Crippen molar-refractivity contribution in [3.8, 4) is 0 Å². The highest BCUT2D eigenvalue weighted by Gasteiger charge is 2.62. The summed E-state index contributed by atoms with van der Waals surface area (Å²) in [5, 5.41) is -3.99. The van der Waals surface area contributed by atoms with Crippen LogP contribution in [0.2, 0.25) is 0 Å². The fourth-order valence-corrected chi connectivity index (χ4v) is 10.7. The number of benzene rings is 2. The van der Waals surface area contributed by atoms with E-state index in [1.165, 1.54) is 0 Å². The Balaban J connectivity index is 1.44. The van der Waals surface area contributed by atoms with Crippen molar-refractivity contribution >= 4 is 101 Å². The summed E-state index contributed by atoms with van der Waals surface area (Å²) < 4.78 is 25.4. The molecule has 14 heteroatoms. The molecule has 2 aliphatic heterocycles. The minimum absolute atomic E-state index is 0.404. The van der Waals surface area contributed by atoms with E-state index in [4.69, 9.17) is 85.3 Å². The van der Waals surface area contributed by atoms with E-state index in [1.807, 2.05) is 125 Å². The molecule has 0 radical (unpaired) electrons. The van der Waals surface area contributed by atoms with Crippen LogP contribution in [0.4, 0.5) is 0 Å². The minimum Gasteiger partial charge on any atom is -0.356 e. The van der Waals surface area contributed by atoms with Gasteiger partial charge in [-0.05, 0) is 86.4 Å². The summed E-state index contributed by atoms with van der Waals surface area (Å²) in [7, 11) is 0. The van der Waals surface area contributed by atoms with E-state index in [-0.39, 0.29) is 0 Å². The molecule has 0 bridgehead atoms. The third kappa shape index (κ3) is 9.06. The minimum atomic E-state index is -1.58. The van der Waals surface area contributed by atoms with Crippen LogP contribution in [0.3, 0.4) is 0 Å². The van der Waals surface area contributed by atoms with Crippen LogP contribution in [0.1, 0.15) is 64.5 Å². The molecule has 4 aliphatic carbocycles. The summed E-state index contributed by atoms with van der Waals surface area (Å²) in [5.74, 6) is 0. The standard InChI is InChI=1S/C50H48Br2Cl4N4O4/c1-5-61-45(53)25-17-33(18-26-45)41-42(34-19-27-46(54,28-20-34)62-6-2)58-49(57-41,37-13-9-11-15-39(37)51)50(38-14-10-12-16-40(38)52)59-43(35-21-29-47(55,30-22-35)63-7-3)44(60-50)36-23-31-48(56,32-24-36)64-8-4/h9-25,27,29,31H,5-8,26,28,30,32H2,1-4H3. The Hall–Kier alpha value is -3.00. The molecule has 0 amide bonds. The second kappa shape index (κ2) is 18.9. The summed E-state index contributed by atoms with van der Waals surface area (Å²) in [6.07, 6.45) is 25.2. The van der Waals surface area contributed by atoms with Gasteiger partial charge in [0.2, 0.25) is 11.3 Å². The molecule has 2 aromatic carbocycles. The third-order valence-electron chi connectivity index (χ3n) is 11.6. The molecule has 0 fully saturated rings. The van der Waals surface area contributed by atoms with Crippen LogP contribution in [0.15, 0.2) is 173 Å². The lowest BCUT2D eigenvalue weighted by Crippen LogP contribution is -2.43. The normalized spacial score (nSPS) is 32.1. The van der Waals surface area contributed by atoms with Gasteiger partial charge in [-0.25, -0.2) is 20.0 Å². The van der Waals surface area contributed by atoms with Gasteiger partial charge in [-0.15, -0.1) is 0 Å². The van der Waals surface area contributed by atoms with Crippen molar-refractivity contribution in [2.75, 3.05) is 26.4 Å². The average Bonchev–Trinajstić information content (AvgIpc) is 3.88. The van der Waals surface area contributed by atoms with Crippen LogP contribution >= 0.6 is 78.3 Å². The number of alkyl halides is 4. The van der Waals surface area contributed by atoms with Gasteiger partial charge in [0.25, 0.3) is 0 Å². The lowest BCUT2D eigenvalue weighted by atomic mass is 9.82. The van der Waals surface area contributed by atoms with Crippen LogP contribution in [-0.2, 0) is 30.3 Å². The highest BCUT2D eigenvalue weighted by atomic mass is 79.9. The van der Waals surface area contributed by atoms with Gasteiger partial charge >= 0.3 is 0 Å². The maximum Gasteiger partial charge on any atom is 0.227 e. The number of ether oxygens (including phenoxy) is 4. The first kappa shape index (κ1) is 47.5. The third-order valence-corrected chi connectivity index (χ3v) is 14.5. The number of hydrogen-bond acceptors (Lipinski definition) is 8. The average molecular weight is 1070 g/mol. The van der Waals surface area contributed by atoms with Crippen LogP contribution in [0, 0.1) is 0 Å². The van der Waals surface area contributed by atoms with E-state index in [0.717, 1.165) is 42.4 Å². The number of halogens is 6. The van der Waals surface area contributed by atoms with Gasteiger partial charge in [-0.2, -0.15) is 0 Å². The van der Waals surface area contributed by atoms with Crippen molar-refractivity contribution in [2.45, 2.75) is 84.9 Å². The van der Waals surface area contributed by atoms with Gasteiger partial charge in [-0.1, -0.05) is 163 Å². The predicted molar refractivity (Wildman–Crippen MR) is 270 cm³/mol. The van der Waals surface area contributed by atoms with Gasteiger partial charge in [0.1, 0.15) is 0 Å². The fraction of sp³-hybridized carbons (Fsp3) is 0.360. The van der Waals surface area contributed by atoms with Gasteiger partial charge in [0.15, 0.2) is 20.2 Å². The lowest BCUT2D eigenvalue weighted by molar-refractivity contribution is 0.0646. The van der Waals surface area contributed by atoms with E-state index in [9.17, 15) is 0 Å². The largest absolute Gasteiger partial charge is 0.356 e. The van der Waals surface area contributed by atoms with Crippen molar-refractivity contribution in [1.29, 1.82) is 0 Å². The zero-order valence-electron chi connectivity index (χ0n) is 35.9. The zero-order chi connectivity index (χ0) is 45.4. The first-order chi connectivity index (χ1) is 30.7. The van der Waals surface area contributed by atoms with Crippen LogP contribution in [-0.4, -0.2) is 69.5 Å². The summed E-state index contributed by atoms with van der Waals surface area (Å²) in [6.45, 7) is 9.52. The molecule has 6 aliphatic rings. The quantitative estimate of drug-likeness (QED) is 0.166. The molecule has 0 spiro atoms. The topological polar surface area (TPSA) is 86.4 Å². The van der Waals surface area contributed by atoms with E-state index >= 15 is 0 Å². The maximum absolute atomic E-state index is 6.96. The number of allylic oxidation sites excluding steroid dienone is 8. The first-order valence-corrected chi connectivity index (χ1v) is 24.6. The van der Waals surface area contributed by atoms with Crippen molar-refractivity contribution < 1.29 is 18.9 Å². The van der Waals surface area contributed by atoms with E-state index < -0.39 is 31.6 Å². The first-order valence-electron chi connectivity index (χ1n) is 21.5. The van der Waals surface area contributed by atoms with E-state index in [2.05, 4.69) is 56.2 Å². The molecule has 0 saturated carbocycles. The second-order valence-corrected chi connectivity index (χ2v) is 20.1. The Kier molecular flexibility index (Phi) is 14.1. The molecule has 4 atom stereocenters. The highest BCUT2D eigenvalue weighted by molar-refractivity contribution is 9.10. The monoisotopic (exact) mass is 1070 g/mol. The molecule has 64 heavy (non-hydrogen) atoms. The number of aliphatic imine (C=N–C) groups is 4. The molecular formula is C50H48Br2Cl4N4O4. The molecular weight excluding hydrogens is 1020 g/mol. The van der Waals surface area contributed by atoms with Gasteiger partial charge in [0.05, 0.1) is 22.8 Å². The predicted octanol–water partition coefficient (Wildman–Crippen LogP) is 13.4. The Labute approximate surface area is 412 Å². The zero-order valence-corrected chi connectivity index (χ0v) is 42.1. The molecule has 8 nitrogen and oxygen atoms in total.